The lowest BCUT2D eigenvalue weighted by Crippen LogP contribution is -2.37. The Kier molecular flexibility index (Phi) is 3.18. The van der Waals surface area contributed by atoms with Crippen molar-refractivity contribution in [2.24, 2.45) is 5.92 Å². The van der Waals surface area contributed by atoms with Gasteiger partial charge in [0, 0.05) is 25.4 Å². The van der Waals surface area contributed by atoms with Crippen LogP contribution in [0.3, 0.4) is 0 Å². The summed E-state index contributed by atoms with van der Waals surface area (Å²) in [5.74, 6) is -0.540. The summed E-state index contributed by atoms with van der Waals surface area (Å²) in [6.45, 7) is 1.29. The SMILES string of the molecule is O=C(O)C1CCN(c2nc3cc(F)ccc3n3cccc23)CC1. The number of halogens is 1. The number of carboxylic acids is 1. The lowest BCUT2D eigenvalue weighted by atomic mass is 9.97. The lowest BCUT2D eigenvalue weighted by molar-refractivity contribution is -0.142. The van der Waals surface area contributed by atoms with Gasteiger partial charge in [0.2, 0.25) is 0 Å². The molecule has 4 rings (SSSR count). The van der Waals surface area contributed by atoms with E-state index in [0.717, 1.165) is 16.9 Å². The lowest BCUT2D eigenvalue weighted by Gasteiger charge is -2.31. The van der Waals surface area contributed by atoms with E-state index >= 15 is 0 Å². The van der Waals surface area contributed by atoms with Gasteiger partial charge in [-0.3, -0.25) is 4.79 Å². The van der Waals surface area contributed by atoms with Crippen LogP contribution in [0.15, 0.2) is 36.5 Å². The van der Waals surface area contributed by atoms with E-state index in [-0.39, 0.29) is 11.7 Å². The zero-order valence-corrected chi connectivity index (χ0v) is 12.4. The predicted octanol–water partition coefficient (Wildman–Crippen LogP) is 2.93. The van der Waals surface area contributed by atoms with Gasteiger partial charge in [-0.15, -0.1) is 0 Å². The van der Waals surface area contributed by atoms with E-state index in [2.05, 4.69) is 9.88 Å². The maximum Gasteiger partial charge on any atom is 0.306 e. The molecule has 0 atom stereocenters. The molecule has 118 valence electrons. The number of aromatic nitrogens is 2. The van der Waals surface area contributed by atoms with Gasteiger partial charge in [0.15, 0.2) is 5.82 Å². The number of carboxylic acid groups (broad SMARTS) is 1. The number of nitrogens with zero attached hydrogens (tertiary/aromatic N) is 3. The Bertz CT molecular complexity index is 897. The van der Waals surface area contributed by atoms with Crippen LogP contribution in [0, 0.1) is 11.7 Å². The molecule has 1 aliphatic heterocycles. The van der Waals surface area contributed by atoms with Gasteiger partial charge >= 0.3 is 5.97 Å². The second-order valence-electron chi connectivity index (χ2n) is 5.93. The summed E-state index contributed by atoms with van der Waals surface area (Å²) >= 11 is 0. The molecule has 0 aliphatic carbocycles. The highest BCUT2D eigenvalue weighted by Crippen LogP contribution is 2.29. The third-order valence-corrected chi connectivity index (χ3v) is 4.54. The van der Waals surface area contributed by atoms with E-state index in [1.165, 1.54) is 12.1 Å². The van der Waals surface area contributed by atoms with Crippen LogP contribution in [0.25, 0.3) is 16.6 Å². The van der Waals surface area contributed by atoms with Crippen molar-refractivity contribution < 1.29 is 14.3 Å². The number of benzene rings is 1. The average Bonchev–Trinajstić information content (AvgIpc) is 3.03. The molecular weight excluding hydrogens is 297 g/mol. The smallest absolute Gasteiger partial charge is 0.306 e. The number of aliphatic carboxylic acids is 1. The van der Waals surface area contributed by atoms with Crippen LogP contribution < -0.4 is 4.90 Å². The Labute approximate surface area is 132 Å². The number of carbonyl (C=O) groups is 1. The maximum absolute atomic E-state index is 13.5. The van der Waals surface area contributed by atoms with Gasteiger partial charge < -0.3 is 14.4 Å². The second-order valence-corrected chi connectivity index (χ2v) is 5.93. The number of rotatable bonds is 2. The molecule has 0 unspecified atom stereocenters. The minimum atomic E-state index is -0.731. The van der Waals surface area contributed by atoms with E-state index in [1.54, 1.807) is 6.07 Å². The molecule has 6 heteroatoms. The Hall–Kier alpha value is -2.63. The van der Waals surface area contributed by atoms with Crippen LogP contribution in [-0.2, 0) is 4.79 Å². The quantitative estimate of drug-likeness (QED) is 0.790. The third kappa shape index (κ3) is 2.30. The topological polar surface area (TPSA) is 57.8 Å². The van der Waals surface area contributed by atoms with Gasteiger partial charge in [-0.2, -0.15) is 0 Å². The van der Waals surface area contributed by atoms with Gasteiger partial charge in [0.1, 0.15) is 5.82 Å². The number of piperidine rings is 1. The zero-order chi connectivity index (χ0) is 16.0. The van der Waals surface area contributed by atoms with E-state index in [4.69, 9.17) is 5.11 Å². The number of anilines is 1. The van der Waals surface area contributed by atoms with E-state index in [0.29, 0.717) is 31.4 Å². The molecule has 1 aliphatic rings. The van der Waals surface area contributed by atoms with E-state index in [9.17, 15) is 9.18 Å². The number of hydrogen-bond donors (Lipinski definition) is 1. The molecule has 1 fully saturated rings. The van der Waals surface area contributed by atoms with Gasteiger partial charge in [-0.1, -0.05) is 0 Å². The van der Waals surface area contributed by atoms with E-state index < -0.39 is 5.97 Å². The van der Waals surface area contributed by atoms with Crippen LogP contribution in [0.1, 0.15) is 12.8 Å². The molecule has 0 spiro atoms. The highest BCUT2D eigenvalue weighted by Gasteiger charge is 2.26. The first-order chi connectivity index (χ1) is 11.1. The summed E-state index contributed by atoms with van der Waals surface area (Å²) in [6.07, 6.45) is 3.14. The maximum atomic E-state index is 13.5. The van der Waals surface area contributed by atoms with Crippen molar-refractivity contribution in [1.82, 2.24) is 9.38 Å². The summed E-state index contributed by atoms with van der Waals surface area (Å²) in [5.41, 5.74) is 2.41. The average molecular weight is 313 g/mol. The number of fused-ring (bicyclic) bond motifs is 3. The Morgan fingerprint density at radius 1 is 1.22 bits per heavy atom. The first kappa shape index (κ1) is 14.0. The molecule has 1 N–H and O–H groups in total. The monoisotopic (exact) mass is 313 g/mol. The summed E-state index contributed by atoms with van der Waals surface area (Å²) in [5, 5.41) is 9.13. The molecule has 23 heavy (non-hydrogen) atoms. The Balaban J connectivity index is 1.79. The first-order valence-corrected chi connectivity index (χ1v) is 7.67. The van der Waals surface area contributed by atoms with Crippen LogP contribution >= 0.6 is 0 Å². The number of hydrogen-bond acceptors (Lipinski definition) is 3. The predicted molar refractivity (Wildman–Crippen MR) is 85.2 cm³/mol. The summed E-state index contributed by atoms with van der Waals surface area (Å²) < 4.78 is 15.5. The molecule has 1 aromatic carbocycles. The summed E-state index contributed by atoms with van der Waals surface area (Å²) in [4.78, 5) is 17.8. The van der Waals surface area contributed by atoms with Crippen molar-refractivity contribution in [3.8, 4) is 0 Å². The van der Waals surface area contributed by atoms with Crippen molar-refractivity contribution in [3.63, 3.8) is 0 Å². The summed E-state index contributed by atoms with van der Waals surface area (Å²) in [7, 11) is 0. The molecule has 0 radical (unpaired) electrons. The molecule has 3 heterocycles. The third-order valence-electron chi connectivity index (χ3n) is 4.54. The molecular formula is C17H16FN3O2. The van der Waals surface area contributed by atoms with Crippen molar-refractivity contribution in [2.45, 2.75) is 12.8 Å². The standard InChI is InChI=1S/C17H16FN3O2/c18-12-3-4-14-13(10-12)19-16(15-2-1-7-21(14)15)20-8-5-11(6-9-20)17(22)23/h1-4,7,10-11H,5-6,8-9H2,(H,22,23). The van der Waals surface area contributed by atoms with Gasteiger partial charge in [0.05, 0.1) is 22.5 Å². The summed E-state index contributed by atoms with van der Waals surface area (Å²) in [6, 6.07) is 8.51. The second kappa shape index (κ2) is 5.22. The van der Waals surface area contributed by atoms with Crippen LogP contribution in [-0.4, -0.2) is 33.6 Å². The van der Waals surface area contributed by atoms with Gasteiger partial charge in [-0.05, 0) is 37.1 Å². The minimum Gasteiger partial charge on any atom is -0.481 e. The fourth-order valence-corrected chi connectivity index (χ4v) is 3.31. The fraction of sp³-hybridized carbons (Fsp3) is 0.294. The van der Waals surface area contributed by atoms with Crippen molar-refractivity contribution >= 4 is 28.3 Å². The normalized spacial score (nSPS) is 16.3. The van der Waals surface area contributed by atoms with Gasteiger partial charge in [-0.25, -0.2) is 9.37 Å². The van der Waals surface area contributed by atoms with Crippen molar-refractivity contribution in [3.05, 3.63) is 42.3 Å². The Morgan fingerprint density at radius 2 is 2.00 bits per heavy atom. The molecule has 2 aromatic heterocycles. The highest BCUT2D eigenvalue weighted by atomic mass is 19.1. The largest absolute Gasteiger partial charge is 0.481 e. The van der Waals surface area contributed by atoms with Crippen LogP contribution in [0.2, 0.25) is 0 Å². The zero-order valence-electron chi connectivity index (χ0n) is 12.4. The highest BCUT2D eigenvalue weighted by molar-refractivity contribution is 5.85. The molecule has 0 saturated carbocycles. The Morgan fingerprint density at radius 3 is 2.74 bits per heavy atom. The molecule has 5 nitrogen and oxygen atoms in total. The molecule has 3 aromatic rings. The molecule has 0 bridgehead atoms. The van der Waals surface area contributed by atoms with Crippen LogP contribution in [0.4, 0.5) is 10.2 Å². The minimum absolute atomic E-state index is 0.285. The molecule has 0 amide bonds. The van der Waals surface area contributed by atoms with Crippen molar-refractivity contribution in [1.29, 1.82) is 0 Å². The van der Waals surface area contributed by atoms with Crippen molar-refractivity contribution in [2.75, 3.05) is 18.0 Å². The first-order valence-electron chi connectivity index (χ1n) is 7.67. The van der Waals surface area contributed by atoms with Gasteiger partial charge in [0.25, 0.3) is 0 Å². The molecule has 1 saturated heterocycles. The van der Waals surface area contributed by atoms with Crippen LogP contribution in [0.5, 0.6) is 0 Å². The van der Waals surface area contributed by atoms with E-state index in [1.807, 2.05) is 22.7 Å². The fourth-order valence-electron chi connectivity index (χ4n) is 3.31.